The third kappa shape index (κ3) is 7.77. The maximum absolute atomic E-state index is 12.7. The second-order valence-electron chi connectivity index (χ2n) is 9.50. The zero-order chi connectivity index (χ0) is 28.4. The van der Waals surface area contributed by atoms with Crippen LogP contribution in [0.1, 0.15) is 43.2 Å². The van der Waals surface area contributed by atoms with Crippen LogP contribution in [0, 0.1) is 11.3 Å². The van der Waals surface area contributed by atoms with E-state index in [1.54, 1.807) is 18.2 Å². The van der Waals surface area contributed by atoms with E-state index in [0.29, 0.717) is 43.8 Å². The first-order valence-electron chi connectivity index (χ1n) is 12.9. The topological polar surface area (TPSA) is 118 Å². The molecular formula is C26H34F3N7O3. The second kappa shape index (κ2) is 14.0. The molecule has 0 radical (unpaired) electrons. The summed E-state index contributed by atoms with van der Waals surface area (Å²) in [6.45, 7) is 3.88. The predicted molar refractivity (Wildman–Crippen MR) is 140 cm³/mol. The average molecular weight is 550 g/mol. The van der Waals surface area contributed by atoms with Gasteiger partial charge in [-0.2, -0.15) is 23.5 Å². The number of nitriles is 1. The van der Waals surface area contributed by atoms with Gasteiger partial charge >= 0.3 is 6.18 Å². The van der Waals surface area contributed by atoms with Gasteiger partial charge in [0.05, 0.1) is 24.1 Å². The fourth-order valence-corrected chi connectivity index (χ4v) is 5.13. The smallest absolute Gasteiger partial charge is 0.384 e. The van der Waals surface area contributed by atoms with Crippen molar-refractivity contribution in [2.45, 2.75) is 50.4 Å². The van der Waals surface area contributed by atoms with Crippen molar-refractivity contribution in [2.24, 2.45) is 0 Å². The number of halogens is 3. The number of fused-ring (bicyclic) bond motifs is 1. The lowest BCUT2D eigenvalue weighted by molar-refractivity contribution is -0.138. The van der Waals surface area contributed by atoms with Gasteiger partial charge in [-0.25, -0.2) is 10.1 Å². The lowest BCUT2D eigenvalue weighted by Crippen LogP contribution is -2.35. The van der Waals surface area contributed by atoms with Crippen LogP contribution in [0.4, 0.5) is 24.7 Å². The van der Waals surface area contributed by atoms with E-state index in [9.17, 15) is 22.8 Å². The number of H-pyrrole nitrogens is 1. The lowest BCUT2D eigenvalue weighted by atomic mass is 10.1. The highest BCUT2D eigenvalue weighted by Crippen LogP contribution is 2.35. The number of carbonyl (C=O) groups is 1. The summed E-state index contributed by atoms with van der Waals surface area (Å²) in [5, 5.41) is 14.0. The van der Waals surface area contributed by atoms with Gasteiger partial charge in [0.2, 0.25) is 0 Å². The van der Waals surface area contributed by atoms with Crippen LogP contribution in [0.15, 0.2) is 29.3 Å². The molecule has 39 heavy (non-hydrogen) atoms. The maximum atomic E-state index is 12.7. The zero-order valence-corrected chi connectivity index (χ0v) is 22.2. The molecule has 0 spiro atoms. The van der Waals surface area contributed by atoms with Crippen LogP contribution < -0.4 is 15.4 Å². The number of anilines is 2. The fraction of sp³-hybridized carbons (Fsp3) is 0.577. The van der Waals surface area contributed by atoms with Crippen molar-refractivity contribution in [3.63, 3.8) is 0 Å². The standard InChI is InChI=1S/C13H16N4.C9H10F3N3O.C4H8O2/c1-16-6-4-12-11(16)5-7-17(12)13-3-2-10(8-14)9-15-13;10-9(11,12)7-6(5-13-14-8(7)16)15-3-1-2-4-15;1-6-4-2-3-5/h2-3,9,11-12H,4-7H2,1H3;5H,1-4H2,(H,14,16);3H,2,4H2,1H3. The number of ether oxygens (including phenoxy) is 1. The molecule has 0 saturated carbocycles. The Balaban J connectivity index is 0.000000180. The van der Waals surface area contributed by atoms with E-state index < -0.39 is 17.3 Å². The van der Waals surface area contributed by atoms with E-state index in [1.807, 2.05) is 17.2 Å². The molecule has 3 aliphatic heterocycles. The number of methoxy groups -OCH3 is 1. The van der Waals surface area contributed by atoms with Crippen molar-refractivity contribution >= 4 is 17.8 Å². The van der Waals surface area contributed by atoms with E-state index >= 15 is 0 Å². The first-order valence-corrected chi connectivity index (χ1v) is 12.9. The maximum Gasteiger partial charge on any atom is 0.423 e. The predicted octanol–water partition coefficient (Wildman–Crippen LogP) is 2.85. The molecule has 3 fully saturated rings. The second-order valence-corrected chi connectivity index (χ2v) is 9.50. The summed E-state index contributed by atoms with van der Waals surface area (Å²) in [4.78, 5) is 31.5. The average Bonchev–Trinajstić information content (AvgIpc) is 3.68. The molecule has 10 nitrogen and oxygen atoms in total. The molecule has 0 aromatic carbocycles. The van der Waals surface area contributed by atoms with Gasteiger partial charge < -0.3 is 24.2 Å². The van der Waals surface area contributed by atoms with Gasteiger partial charge in [0.1, 0.15) is 23.7 Å². The fourth-order valence-electron chi connectivity index (χ4n) is 5.13. The number of likely N-dealkylation sites (N-methyl/N-ethyl adjacent to an activating group) is 1. The van der Waals surface area contributed by atoms with E-state index in [4.69, 9.17) is 5.26 Å². The van der Waals surface area contributed by atoms with Gasteiger partial charge in [-0.1, -0.05) is 0 Å². The Morgan fingerprint density at radius 1 is 1.15 bits per heavy atom. The van der Waals surface area contributed by atoms with Crippen LogP contribution in [-0.2, 0) is 15.7 Å². The monoisotopic (exact) mass is 549 g/mol. The first kappa shape index (κ1) is 30.0. The highest BCUT2D eigenvalue weighted by molar-refractivity contribution is 5.52. The number of likely N-dealkylation sites (tertiary alicyclic amines) is 1. The Labute approximate surface area is 225 Å². The van der Waals surface area contributed by atoms with Crippen LogP contribution in [0.2, 0.25) is 0 Å². The van der Waals surface area contributed by atoms with Crippen LogP contribution in [0.25, 0.3) is 0 Å². The number of aromatic amines is 1. The Morgan fingerprint density at radius 3 is 2.44 bits per heavy atom. The van der Waals surface area contributed by atoms with Gasteiger partial charge in [-0.3, -0.25) is 4.79 Å². The van der Waals surface area contributed by atoms with Gasteiger partial charge in [0.15, 0.2) is 0 Å². The lowest BCUT2D eigenvalue weighted by Gasteiger charge is -2.25. The van der Waals surface area contributed by atoms with Crippen LogP contribution in [0.3, 0.4) is 0 Å². The summed E-state index contributed by atoms with van der Waals surface area (Å²) in [5.41, 5.74) is -1.82. The van der Waals surface area contributed by atoms with Crippen molar-refractivity contribution in [2.75, 3.05) is 56.7 Å². The third-order valence-electron chi connectivity index (χ3n) is 7.03. The molecule has 2 aromatic heterocycles. The minimum atomic E-state index is -4.64. The molecule has 3 aliphatic rings. The summed E-state index contributed by atoms with van der Waals surface area (Å²) >= 11 is 0. The molecule has 13 heteroatoms. The summed E-state index contributed by atoms with van der Waals surface area (Å²) < 4.78 is 42.6. The SMILES string of the molecule is CN1CCC2C1CCN2c1ccc(C#N)cn1.COCCC=O.O=c1[nH]ncc(N2CCCC2)c1C(F)(F)F. The molecule has 0 amide bonds. The Hall–Kier alpha value is -3.50. The molecular weight excluding hydrogens is 515 g/mol. The number of alkyl halides is 3. The Morgan fingerprint density at radius 2 is 1.87 bits per heavy atom. The van der Waals surface area contributed by atoms with E-state index in [2.05, 4.69) is 37.7 Å². The normalized spacial score (nSPS) is 20.4. The highest BCUT2D eigenvalue weighted by atomic mass is 19.4. The number of aromatic nitrogens is 3. The quantitative estimate of drug-likeness (QED) is 0.444. The van der Waals surface area contributed by atoms with Gasteiger partial charge in [-0.05, 0) is 44.9 Å². The highest BCUT2D eigenvalue weighted by Gasteiger charge is 2.41. The number of nitrogens with one attached hydrogen (secondary N) is 1. The molecule has 5 rings (SSSR count). The van der Waals surface area contributed by atoms with Crippen LogP contribution >= 0.6 is 0 Å². The minimum Gasteiger partial charge on any atom is -0.384 e. The molecule has 2 aromatic rings. The minimum absolute atomic E-state index is 0.117. The molecule has 1 N–H and O–H groups in total. The molecule has 0 bridgehead atoms. The number of hydrogen-bond donors (Lipinski definition) is 1. The summed E-state index contributed by atoms with van der Waals surface area (Å²) in [6, 6.07) is 7.23. The molecule has 2 unspecified atom stereocenters. The van der Waals surface area contributed by atoms with Crippen molar-refractivity contribution in [3.05, 3.63) is 46.0 Å². The molecule has 2 atom stereocenters. The summed E-state index contributed by atoms with van der Waals surface area (Å²) in [5.74, 6) is 1.02. The number of hydrogen-bond acceptors (Lipinski definition) is 9. The van der Waals surface area contributed by atoms with E-state index in [1.165, 1.54) is 19.4 Å². The van der Waals surface area contributed by atoms with Crippen molar-refractivity contribution in [1.82, 2.24) is 20.1 Å². The zero-order valence-electron chi connectivity index (χ0n) is 22.2. The van der Waals surface area contributed by atoms with Gasteiger partial charge in [0.25, 0.3) is 5.56 Å². The van der Waals surface area contributed by atoms with Crippen LogP contribution in [-0.4, -0.2) is 85.4 Å². The van der Waals surface area contributed by atoms with E-state index in [-0.39, 0.29) is 5.69 Å². The Bertz CT molecular complexity index is 1160. The van der Waals surface area contributed by atoms with Gasteiger partial charge in [0, 0.05) is 58.0 Å². The summed E-state index contributed by atoms with van der Waals surface area (Å²) in [7, 11) is 3.78. The van der Waals surface area contributed by atoms with E-state index in [0.717, 1.165) is 37.7 Å². The number of pyridine rings is 1. The van der Waals surface area contributed by atoms with Crippen molar-refractivity contribution in [1.29, 1.82) is 5.26 Å². The van der Waals surface area contributed by atoms with Crippen molar-refractivity contribution in [3.8, 4) is 6.07 Å². The molecule has 5 heterocycles. The number of carbonyl (C=O) groups excluding carboxylic acids is 1. The summed E-state index contributed by atoms with van der Waals surface area (Å²) in [6.07, 6.45) is 3.56. The number of aldehydes is 1. The molecule has 212 valence electrons. The molecule has 3 saturated heterocycles. The third-order valence-corrected chi connectivity index (χ3v) is 7.03. The van der Waals surface area contributed by atoms with Gasteiger partial charge in [-0.15, -0.1) is 0 Å². The Kier molecular flexibility index (Phi) is 10.8. The largest absolute Gasteiger partial charge is 0.423 e. The van der Waals surface area contributed by atoms with Crippen molar-refractivity contribution < 1.29 is 22.7 Å². The molecule has 0 aliphatic carbocycles. The number of rotatable bonds is 5. The number of nitrogens with zero attached hydrogens (tertiary/aromatic N) is 6. The van der Waals surface area contributed by atoms with Crippen LogP contribution in [0.5, 0.6) is 0 Å². The first-order chi connectivity index (χ1) is 18.7.